The molecule has 0 radical (unpaired) electrons. The van der Waals surface area contributed by atoms with E-state index in [1.54, 1.807) is 24.3 Å². The summed E-state index contributed by atoms with van der Waals surface area (Å²) in [6.07, 6.45) is -1.39. The third kappa shape index (κ3) is 4.77. The maximum Gasteiger partial charge on any atom is 0.416 e. The Hall–Kier alpha value is -2.70. The monoisotopic (exact) mass is 392 g/mol. The molecule has 0 aromatic heterocycles. The number of amides is 1. The van der Waals surface area contributed by atoms with Crippen molar-refractivity contribution in [1.82, 2.24) is 0 Å². The van der Waals surface area contributed by atoms with Gasteiger partial charge >= 0.3 is 6.18 Å². The quantitative estimate of drug-likeness (QED) is 0.788. The van der Waals surface area contributed by atoms with Crippen molar-refractivity contribution < 1.29 is 22.7 Å². The summed E-state index contributed by atoms with van der Waals surface area (Å²) in [6, 6.07) is 10.6. The summed E-state index contributed by atoms with van der Waals surface area (Å²) in [6.45, 7) is 1.53. The first-order valence-corrected chi connectivity index (χ1v) is 9.26. The van der Waals surface area contributed by atoms with Crippen LogP contribution in [0.25, 0.3) is 0 Å². The maximum absolute atomic E-state index is 13.2. The van der Waals surface area contributed by atoms with Crippen LogP contribution < -0.4 is 15.0 Å². The zero-order valence-electron chi connectivity index (χ0n) is 15.7. The van der Waals surface area contributed by atoms with Gasteiger partial charge in [-0.05, 0) is 43.5 Å². The summed E-state index contributed by atoms with van der Waals surface area (Å²) >= 11 is 0. The molecule has 150 valence electrons. The lowest BCUT2D eigenvalue weighted by molar-refractivity contribution is -0.137. The first-order chi connectivity index (χ1) is 13.4. The number of carbonyl (C=O) groups excluding carboxylic acids is 1. The predicted molar refractivity (Wildman–Crippen MR) is 103 cm³/mol. The summed E-state index contributed by atoms with van der Waals surface area (Å²) in [5, 5.41) is 2.68. The third-order valence-electron chi connectivity index (χ3n) is 4.84. The van der Waals surface area contributed by atoms with E-state index in [9.17, 15) is 18.0 Å². The SMILES string of the molecule is COc1ccccc1CC(=O)Nc1cc(C(F)(F)F)ccc1N1CCCCC1. The smallest absolute Gasteiger partial charge is 0.416 e. The van der Waals surface area contributed by atoms with E-state index >= 15 is 0 Å². The van der Waals surface area contributed by atoms with Crippen LogP contribution in [-0.2, 0) is 17.4 Å². The van der Waals surface area contributed by atoms with E-state index in [0.717, 1.165) is 44.5 Å². The van der Waals surface area contributed by atoms with E-state index in [1.807, 2.05) is 4.90 Å². The maximum atomic E-state index is 13.2. The van der Waals surface area contributed by atoms with Crippen molar-refractivity contribution in [3.8, 4) is 5.75 Å². The molecular weight excluding hydrogens is 369 g/mol. The van der Waals surface area contributed by atoms with Gasteiger partial charge < -0.3 is 15.0 Å². The number of rotatable bonds is 5. The molecule has 2 aromatic rings. The van der Waals surface area contributed by atoms with E-state index in [4.69, 9.17) is 4.74 Å². The molecule has 1 aliphatic rings. The van der Waals surface area contributed by atoms with Crippen molar-refractivity contribution in [2.24, 2.45) is 0 Å². The molecule has 2 aromatic carbocycles. The molecule has 1 aliphatic heterocycles. The highest BCUT2D eigenvalue weighted by atomic mass is 19.4. The van der Waals surface area contributed by atoms with E-state index in [0.29, 0.717) is 17.0 Å². The van der Waals surface area contributed by atoms with Crippen LogP contribution in [0.2, 0.25) is 0 Å². The number of anilines is 2. The third-order valence-corrected chi connectivity index (χ3v) is 4.84. The van der Waals surface area contributed by atoms with E-state index in [1.165, 1.54) is 13.2 Å². The van der Waals surface area contributed by atoms with Crippen LogP contribution in [0, 0.1) is 0 Å². The fourth-order valence-corrected chi connectivity index (χ4v) is 3.44. The van der Waals surface area contributed by atoms with Crippen LogP contribution in [0.4, 0.5) is 24.5 Å². The minimum atomic E-state index is -4.47. The zero-order chi connectivity index (χ0) is 20.1. The van der Waals surface area contributed by atoms with Crippen molar-refractivity contribution in [2.75, 3.05) is 30.4 Å². The molecule has 1 fully saturated rings. The minimum absolute atomic E-state index is 0.0136. The Kier molecular flexibility index (Phi) is 6.11. The van der Waals surface area contributed by atoms with Crippen LogP contribution in [0.3, 0.4) is 0 Å². The number of benzene rings is 2. The number of ether oxygens (including phenoxy) is 1. The Morgan fingerprint density at radius 1 is 1.11 bits per heavy atom. The number of hydrogen-bond donors (Lipinski definition) is 1. The van der Waals surface area contributed by atoms with Crippen LogP contribution in [-0.4, -0.2) is 26.1 Å². The molecule has 0 bridgehead atoms. The fraction of sp³-hybridized carbons (Fsp3) is 0.381. The lowest BCUT2D eigenvalue weighted by Gasteiger charge is -2.31. The molecule has 28 heavy (non-hydrogen) atoms. The summed E-state index contributed by atoms with van der Waals surface area (Å²) < 4.78 is 44.8. The van der Waals surface area contributed by atoms with Gasteiger partial charge in [-0.25, -0.2) is 0 Å². The molecule has 3 rings (SSSR count). The second-order valence-electron chi connectivity index (χ2n) is 6.81. The van der Waals surface area contributed by atoms with Crippen molar-refractivity contribution >= 4 is 17.3 Å². The second kappa shape index (κ2) is 8.54. The number of halogens is 3. The standard InChI is InChI=1S/C21H23F3N2O2/c1-28-19-8-4-3-7-15(19)13-20(27)25-17-14-16(21(22,23)24)9-10-18(17)26-11-5-2-6-12-26/h3-4,7-10,14H,2,5-6,11-13H2,1H3,(H,25,27). The van der Waals surface area contributed by atoms with Gasteiger partial charge in [0.05, 0.1) is 30.5 Å². The Balaban J connectivity index is 1.86. The first-order valence-electron chi connectivity index (χ1n) is 9.26. The number of nitrogens with zero attached hydrogens (tertiary/aromatic N) is 1. The van der Waals surface area contributed by atoms with Crippen molar-refractivity contribution in [3.63, 3.8) is 0 Å². The number of alkyl halides is 3. The fourth-order valence-electron chi connectivity index (χ4n) is 3.44. The molecule has 0 atom stereocenters. The van der Waals surface area contributed by atoms with Gasteiger partial charge in [0.25, 0.3) is 0 Å². The summed E-state index contributed by atoms with van der Waals surface area (Å²) in [5.74, 6) is 0.181. The van der Waals surface area contributed by atoms with E-state index in [-0.39, 0.29) is 18.0 Å². The van der Waals surface area contributed by atoms with Crippen LogP contribution in [0.1, 0.15) is 30.4 Å². The highest BCUT2D eigenvalue weighted by Crippen LogP contribution is 2.36. The van der Waals surface area contributed by atoms with Gasteiger partial charge in [0.2, 0.25) is 5.91 Å². The molecule has 1 N–H and O–H groups in total. The molecule has 1 saturated heterocycles. The highest BCUT2D eigenvalue weighted by molar-refractivity contribution is 5.96. The molecule has 0 saturated carbocycles. The number of para-hydroxylation sites is 1. The minimum Gasteiger partial charge on any atom is -0.496 e. The van der Waals surface area contributed by atoms with Crippen molar-refractivity contribution in [2.45, 2.75) is 31.9 Å². The van der Waals surface area contributed by atoms with Gasteiger partial charge in [0.15, 0.2) is 0 Å². The predicted octanol–water partition coefficient (Wildman–Crippen LogP) is 4.89. The van der Waals surface area contributed by atoms with Crippen LogP contribution in [0.15, 0.2) is 42.5 Å². The normalized spacial score (nSPS) is 14.6. The number of piperidine rings is 1. The van der Waals surface area contributed by atoms with Crippen LogP contribution in [0.5, 0.6) is 5.75 Å². The molecule has 0 spiro atoms. The molecule has 0 unspecified atom stereocenters. The average molecular weight is 392 g/mol. The largest absolute Gasteiger partial charge is 0.496 e. The average Bonchev–Trinajstić information content (AvgIpc) is 2.68. The molecule has 4 nitrogen and oxygen atoms in total. The lowest BCUT2D eigenvalue weighted by atomic mass is 10.1. The molecule has 1 amide bonds. The zero-order valence-corrected chi connectivity index (χ0v) is 15.7. The number of nitrogens with one attached hydrogen (secondary N) is 1. The topological polar surface area (TPSA) is 41.6 Å². The molecular formula is C21H23F3N2O2. The Morgan fingerprint density at radius 2 is 1.82 bits per heavy atom. The van der Waals surface area contributed by atoms with Crippen LogP contribution >= 0.6 is 0 Å². The molecule has 1 heterocycles. The van der Waals surface area contributed by atoms with Gasteiger partial charge in [0, 0.05) is 18.7 Å². The van der Waals surface area contributed by atoms with Gasteiger partial charge in [0.1, 0.15) is 5.75 Å². The molecule has 7 heteroatoms. The number of hydrogen-bond acceptors (Lipinski definition) is 3. The van der Waals surface area contributed by atoms with Gasteiger partial charge in [-0.2, -0.15) is 13.2 Å². The van der Waals surface area contributed by atoms with Crippen molar-refractivity contribution in [1.29, 1.82) is 0 Å². The summed E-state index contributed by atoms with van der Waals surface area (Å²) in [5.41, 5.74) is 0.715. The van der Waals surface area contributed by atoms with Gasteiger partial charge in [-0.1, -0.05) is 18.2 Å². The number of carbonyl (C=O) groups is 1. The van der Waals surface area contributed by atoms with Gasteiger partial charge in [-0.3, -0.25) is 4.79 Å². The number of methoxy groups -OCH3 is 1. The first kappa shape index (κ1) is 20.0. The van der Waals surface area contributed by atoms with Gasteiger partial charge in [-0.15, -0.1) is 0 Å². The Labute approximate surface area is 162 Å². The highest BCUT2D eigenvalue weighted by Gasteiger charge is 2.32. The molecule has 0 aliphatic carbocycles. The second-order valence-corrected chi connectivity index (χ2v) is 6.81. The summed E-state index contributed by atoms with van der Waals surface area (Å²) in [7, 11) is 1.51. The lowest BCUT2D eigenvalue weighted by Crippen LogP contribution is -2.30. The Bertz CT molecular complexity index is 831. The van der Waals surface area contributed by atoms with E-state index < -0.39 is 11.7 Å². The van der Waals surface area contributed by atoms with Crippen molar-refractivity contribution in [3.05, 3.63) is 53.6 Å². The summed E-state index contributed by atoms with van der Waals surface area (Å²) in [4.78, 5) is 14.6. The Morgan fingerprint density at radius 3 is 2.50 bits per heavy atom. The van der Waals surface area contributed by atoms with E-state index in [2.05, 4.69) is 5.32 Å².